The van der Waals surface area contributed by atoms with E-state index in [1.165, 1.54) is 18.2 Å². The second-order valence-electron chi connectivity index (χ2n) is 6.15. The minimum Gasteiger partial charge on any atom is -0.322 e. The number of amides is 1. The van der Waals surface area contributed by atoms with E-state index in [-0.39, 0.29) is 21.2 Å². The lowest BCUT2D eigenvalue weighted by molar-refractivity contribution is 0.102. The van der Waals surface area contributed by atoms with Crippen molar-refractivity contribution in [2.24, 2.45) is 0 Å². The third kappa shape index (κ3) is 4.72. The number of hydrogen-bond donors (Lipinski definition) is 2. The maximum Gasteiger partial charge on any atom is 0.263 e. The Bertz CT molecular complexity index is 1200. The van der Waals surface area contributed by atoms with E-state index in [1.54, 1.807) is 31.2 Å². The van der Waals surface area contributed by atoms with E-state index in [4.69, 9.17) is 11.6 Å². The predicted octanol–water partition coefficient (Wildman–Crippen LogP) is 4.98. The van der Waals surface area contributed by atoms with Crippen LogP contribution in [0.25, 0.3) is 0 Å². The predicted molar refractivity (Wildman–Crippen MR) is 108 cm³/mol. The molecule has 3 aromatic rings. The van der Waals surface area contributed by atoms with Gasteiger partial charge < -0.3 is 5.32 Å². The van der Waals surface area contributed by atoms with Gasteiger partial charge in [-0.3, -0.25) is 9.52 Å². The first kappa shape index (κ1) is 20.8. The molecule has 0 saturated heterocycles. The van der Waals surface area contributed by atoms with Gasteiger partial charge in [0, 0.05) is 17.3 Å². The molecule has 0 unspecified atom stereocenters. The topological polar surface area (TPSA) is 75.3 Å². The number of carbonyl (C=O) groups is 1. The summed E-state index contributed by atoms with van der Waals surface area (Å²) < 4.78 is 54.3. The molecular weight excluding hydrogens is 422 g/mol. The molecule has 0 aromatic heterocycles. The fourth-order valence-corrected chi connectivity index (χ4v) is 4.17. The molecule has 29 heavy (non-hydrogen) atoms. The molecule has 1 amide bonds. The molecule has 0 bridgehead atoms. The van der Waals surface area contributed by atoms with Crippen molar-refractivity contribution in [2.75, 3.05) is 10.0 Å². The van der Waals surface area contributed by atoms with Crippen LogP contribution in [0.4, 0.5) is 20.2 Å². The lowest BCUT2D eigenvalue weighted by atomic mass is 10.2. The molecule has 0 radical (unpaired) electrons. The SMILES string of the molecule is Cc1ccccc1NS(=O)(=O)c1cc(C(=O)Nc2ccc(F)c(F)c2)ccc1Cl. The largest absolute Gasteiger partial charge is 0.322 e. The Morgan fingerprint density at radius 3 is 2.38 bits per heavy atom. The Morgan fingerprint density at radius 2 is 1.69 bits per heavy atom. The van der Waals surface area contributed by atoms with Gasteiger partial charge in [-0.1, -0.05) is 29.8 Å². The fourth-order valence-electron chi connectivity index (χ4n) is 2.51. The van der Waals surface area contributed by atoms with Crippen molar-refractivity contribution in [3.05, 3.63) is 88.4 Å². The molecule has 0 aliphatic carbocycles. The van der Waals surface area contributed by atoms with Crippen LogP contribution in [-0.2, 0) is 10.0 Å². The van der Waals surface area contributed by atoms with E-state index >= 15 is 0 Å². The van der Waals surface area contributed by atoms with Gasteiger partial charge in [-0.15, -0.1) is 0 Å². The van der Waals surface area contributed by atoms with Gasteiger partial charge in [0.15, 0.2) is 11.6 Å². The van der Waals surface area contributed by atoms with Crippen molar-refractivity contribution in [1.82, 2.24) is 0 Å². The zero-order valence-electron chi connectivity index (χ0n) is 15.0. The van der Waals surface area contributed by atoms with Crippen LogP contribution in [0.2, 0.25) is 5.02 Å². The fraction of sp³-hybridized carbons (Fsp3) is 0.0500. The summed E-state index contributed by atoms with van der Waals surface area (Å²) in [7, 11) is -4.08. The molecule has 0 saturated carbocycles. The van der Waals surface area contributed by atoms with Crippen LogP contribution in [0.15, 0.2) is 65.6 Å². The highest BCUT2D eigenvalue weighted by Gasteiger charge is 2.21. The summed E-state index contributed by atoms with van der Waals surface area (Å²) in [6, 6.07) is 13.4. The van der Waals surface area contributed by atoms with Gasteiger partial charge in [0.25, 0.3) is 15.9 Å². The van der Waals surface area contributed by atoms with Gasteiger partial charge in [0.05, 0.1) is 10.7 Å². The number of para-hydroxylation sites is 1. The molecule has 0 aliphatic heterocycles. The van der Waals surface area contributed by atoms with Crippen molar-refractivity contribution >= 4 is 38.9 Å². The summed E-state index contributed by atoms with van der Waals surface area (Å²) >= 11 is 6.05. The highest BCUT2D eigenvalue weighted by Crippen LogP contribution is 2.26. The van der Waals surface area contributed by atoms with Gasteiger partial charge in [-0.25, -0.2) is 17.2 Å². The van der Waals surface area contributed by atoms with Gasteiger partial charge in [0.1, 0.15) is 4.90 Å². The minimum absolute atomic E-state index is 0.0197. The molecule has 0 spiro atoms. The standard InChI is InChI=1S/C20H15ClF2N2O3S/c1-12-4-2-3-5-18(12)25-29(27,28)19-10-13(6-8-15(19)21)20(26)24-14-7-9-16(22)17(23)11-14/h2-11,25H,1H3,(H,24,26). The second kappa shape index (κ2) is 8.18. The molecule has 0 aliphatic rings. The van der Waals surface area contributed by atoms with Gasteiger partial charge in [0.2, 0.25) is 0 Å². The first-order chi connectivity index (χ1) is 13.7. The second-order valence-corrected chi connectivity index (χ2v) is 8.21. The first-order valence-corrected chi connectivity index (χ1v) is 10.2. The van der Waals surface area contributed by atoms with Crippen molar-refractivity contribution in [3.63, 3.8) is 0 Å². The summed E-state index contributed by atoms with van der Waals surface area (Å²) in [6.07, 6.45) is 0. The Labute approximate surface area is 171 Å². The quantitative estimate of drug-likeness (QED) is 0.592. The maximum absolute atomic E-state index is 13.3. The number of benzene rings is 3. The normalized spacial score (nSPS) is 11.2. The van der Waals surface area contributed by atoms with Crippen molar-refractivity contribution in [1.29, 1.82) is 0 Å². The van der Waals surface area contributed by atoms with Crippen LogP contribution in [-0.4, -0.2) is 14.3 Å². The number of hydrogen-bond acceptors (Lipinski definition) is 3. The summed E-state index contributed by atoms with van der Waals surface area (Å²) in [6.45, 7) is 1.74. The van der Waals surface area contributed by atoms with E-state index in [0.717, 1.165) is 18.2 Å². The number of anilines is 2. The highest BCUT2D eigenvalue weighted by molar-refractivity contribution is 7.92. The molecule has 2 N–H and O–H groups in total. The monoisotopic (exact) mass is 436 g/mol. The van der Waals surface area contributed by atoms with Crippen molar-refractivity contribution in [3.8, 4) is 0 Å². The minimum atomic E-state index is -4.08. The average Bonchev–Trinajstić information content (AvgIpc) is 2.66. The Morgan fingerprint density at radius 1 is 0.966 bits per heavy atom. The first-order valence-electron chi connectivity index (χ1n) is 8.32. The zero-order valence-corrected chi connectivity index (χ0v) is 16.6. The highest BCUT2D eigenvalue weighted by atomic mass is 35.5. The van der Waals surface area contributed by atoms with Crippen LogP contribution in [0.3, 0.4) is 0 Å². The summed E-state index contributed by atoms with van der Waals surface area (Å²) in [5.41, 5.74) is 1.08. The van der Waals surface area contributed by atoms with E-state index in [0.29, 0.717) is 11.3 Å². The summed E-state index contributed by atoms with van der Waals surface area (Å²) in [5, 5.41) is 2.31. The number of nitrogens with one attached hydrogen (secondary N) is 2. The Kier molecular flexibility index (Phi) is 5.86. The van der Waals surface area contributed by atoms with Crippen LogP contribution >= 0.6 is 11.6 Å². The van der Waals surface area contributed by atoms with Crippen LogP contribution < -0.4 is 10.0 Å². The maximum atomic E-state index is 13.3. The molecule has 3 aromatic carbocycles. The van der Waals surface area contributed by atoms with Crippen LogP contribution in [0, 0.1) is 18.6 Å². The number of halogens is 3. The Balaban J connectivity index is 1.89. The van der Waals surface area contributed by atoms with Crippen LogP contribution in [0.5, 0.6) is 0 Å². The molecular formula is C20H15ClF2N2O3S. The molecule has 0 atom stereocenters. The van der Waals surface area contributed by atoms with Gasteiger partial charge >= 0.3 is 0 Å². The van der Waals surface area contributed by atoms with Gasteiger partial charge in [-0.2, -0.15) is 0 Å². The lowest BCUT2D eigenvalue weighted by Gasteiger charge is -2.13. The average molecular weight is 437 g/mol. The van der Waals surface area contributed by atoms with E-state index in [9.17, 15) is 22.0 Å². The number of sulfonamides is 1. The molecule has 3 rings (SSSR count). The Hall–Kier alpha value is -2.97. The lowest BCUT2D eigenvalue weighted by Crippen LogP contribution is -2.17. The smallest absolute Gasteiger partial charge is 0.263 e. The third-order valence-corrected chi connectivity index (χ3v) is 5.90. The summed E-state index contributed by atoms with van der Waals surface area (Å²) in [4.78, 5) is 12.1. The van der Waals surface area contributed by atoms with Gasteiger partial charge in [-0.05, 0) is 48.9 Å². The molecule has 150 valence electrons. The van der Waals surface area contributed by atoms with Crippen molar-refractivity contribution < 1.29 is 22.0 Å². The van der Waals surface area contributed by atoms with Crippen molar-refractivity contribution in [2.45, 2.75) is 11.8 Å². The third-order valence-electron chi connectivity index (χ3n) is 4.05. The number of rotatable bonds is 5. The zero-order chi connectivity index (χ0) is 21.2. The molecule has 0 heterocycles. The molecule has 9 heteroatoms. The van der Waals surface area contributed by atoms with E-state index < -0.39 is 27.6 Å². The van der Waals surface area contributed by atoms with E-state index in [1.807, 2.05) is 0 Å². The molecule has 5 nitrogen and oxygen atoms in total. The van der Waals surface area contributed by atoms with Crippen LogP contribution in [0.1, 0.15) is 15.9 Å². The molecule has 0 fully saturated rings. The summed E-state index contributed by atoms with van der Waals surface area (Å²) in [5.74, 6) is -2.88. The number of carbonyl (C=O) groups excluding carboxylic acids is 1. The van der Waals surface area contributed by atoms with E-state index in [2.05, 4.69) is 10.0 Å². The number of aryl methyl sites for hydroxylation is 1.